The summed E-state index contributed by atoms with van der Waals surface area (Å²) in [7, 11) is 0. The number of rotatable bonds is 24. The largest absolute Gasteiger partial charge is 0.473 e. The number of unbranched alkanes of at least 4 members (excludes halogenated alkanes) is 14. The first-order valence-corrected chi connectivity index (χ1v) is 13.4. The molecule has 0 aromatic carbocycles. The zero-order valence-corrected chi connectivity index (χ0v) is 21.6. The molecule has 0 amide bonds. The van der Waals surface area contributed by atoms with Gasteiger partial charge < -0.3 is 25.0 Å². The zero-order valence-electron chi connectivity index (χ0n) is 21.6. The third-order valence-corrected chi connectivity index (χ3v) is 5.31. The third-order valence-electron chi connectivity index (χ3n) is 5.31. The van der Waals surface area contributed by atoms with E-state index >= 15 is 0 Å². The molecule has 3 N–H and O–H groups in total. The van der Waals surface area contributed by atoms with Crippen molar-refractivity contribution in [2.45, 2.75) is 117 Å². The number of carboxylic acid groups (broad SMARTS) is 2. The van der Waals surface area contributed by atoms with Gasteiger partial charge in [-0.25, -0.2) is 9.59 Å². The van der Waals surface area contributed by atoms with Gasteiger partial charge in [-0.1, -0.05) is 104 Å². The molecule has 0 aliphatic carbocycles. The standard InChI is InChI=1S/C24H51NO2.C2H2O4/c1-3-5-7-9-11-13-15-17-21-26-23-19-25-20-24-27-22-18-16-14-12-10-8-6-4-2;3-1(4)2(5)6/h25H,3-24H2,1-2H3;(H,3,4)(H,5,6). The van der Waals surface area contributed by atoms with Crippen molar-refractivity contribution in [3.05, 3.63) is 0 Å². The van der Waals surface area contributed by atoms with Crippen LogP contribution in [0.15, 0.2) is 0 Å². The molecule has 0 aromatic rings. The highest BCUT2D eigenvalue weighted by Crippen LogP contribution is 2.09. The van der Waals surface area contributed by atoms with Crippen LogP contribution >= 0.6 is 0 Å². The minimum atomic E-state index is -1.82. The van der Waals surface area contributed by atoms with E-state index in [1.165, 1.54) is 103 Å². The number of hydrogen-bond acceptors (Lipinski definition) is 5. The van der Waals surface area contributed by atoms with Crippen LogP contribution in [0.1, 0.15) is 117 Å². The predicted molar refractivity (Wildman–Crippen MR) is 135 cm³/mol. The van der Waals surface area contributed by atoms with Crippen molar-refractivity contribution < 1.29 is 29.3 Å². The molecule has 0 unspecified atom stereocenters. The SMILES string of the molecule is CCCCCCCCCCOCCNCCOCCCCCCCCCC.O=C(O)C(=O)O. The second kappa shape index (κ2) is 30.8. The summed E-state index contributed by atoms with van der Waals surface area (Å²) in [5.74, 6) is -3.65. The Hall–Kier alpha value is -1.18. The molecule has 0 saturated carbocycles. The lowest BCUT2D eigenvalue weighted by Crippen LogP contribution is -2.24. The van der Waals surface area contributed by atoms with Gasteiger partial charge in [-0.2, -0.15) is 0 Å². The van der Waals surface area contributed by atoms with Gasteiger partial charge in [0, 0.05) is 26.3 Å². The van der Waals surface area contributed by atoms with Crippen LogP contribution in [-0.4, -0.2) is 61.7 Å². The van der Waals surface area contributed by atoms with Gasteiger partial charge in [-0.3, -0.25) is 0 Å². The lowest BCUT2D eigenvalue weighted by Gasteiger charge is -2.07. The molecule has 33 heavy (non-hydrogen) atoms. The monoisotopic (exact) mass is 475 g/mol. The topological polar surface area (TPSA) is 105 Å². The van der Waals surface area contributed by atoms with Gasteiger partial charge in [0.15, 0.2) is 0 Å². The summed E-state index contributed by atoms with van der Waals surface area (Å²) in [6.45, 7) is 9.94. The van der Waals surface area contributed by atoms with E-state index in [4.69, 9.17) is 29.3 Å². The van der Waals surface area contributed by atoms with Crippen LogP contribution in [0.2, 0.25) is 0 Å². The Morgan fingerprint density at radius 2 is 0.818 bits per heavy atom. The molecule has 198 valence electrons. The van der Waals surface area contributed by atoms with Crippen molar-refractivity contribution in [1.82, 2.24) is 5.32 Å². The summed E-state index contributed by atoms with van der Waals surface area (Å²) >= 11 is 0. The van der Waals surface area contributed by atoms with Crippen molar-refractivity contribution in [3.8, 4) is 0 Å². The van der Waals surface area contributed by atoms with Crippen molar-refractivity contribution in [1.29, 1.82) is 0 Å². The van der Waals surface area contributed by atoms with Crippen molar-refractivity contribution in [2.24, 2.45) is 0 Å². The first-order chi connectivity index (χ1) is 16.1. The molecule has 0 spiro atoms. The second-order valence-electron chi connectivity index (χ2n) is 8.53. The maximum absolute atomic E-state index is 9.10. The summed E-state index contributed by atoms with van der Waals surface area (Å²) in [5.41, 5.74) is 0. The van der Waals surface area contributed by atoms with E-state index in [1.54, 1.807) is 0 Å². The molecular weight excluding hydrogens is 422 g/mol. The highest BCUT2D eigenvalue weighted by molar-refractivity contribution is 6.27. The Morgan fingerprint density at radius 1 is 0.515 bits per heavy atom. The van der Waals surface area contributed by atoms with E-state index in [0.29, 0.717) is 0 Å². The number of ether oxygens (including phenoxy) is 2. The molecule has 0 fully saturated rings. The van der Waals surface area contributed by atoms with Crippen LogP contribution < -0.4 is 5.32 Å². The Morgan fingerprint density at radius 3 is 1.12 bits per heavy atom. The molecule has 7 nitrogen and oxygen atoms in total. The van der Waals surface area contributed by atoms with Crippen LogP contribution in [0.5, 0.6) is 0 Å². The zero-order chi connectivity index (χ0) is 24.8. The summed E-state index contributed by atoms with van der Waals surface area (Å²) in [6, 6.07) is 0. The van der Waals surface area contributed by atoms with Crippen molar-refractivity contribution in [3.63, 3.8) is 0 Å². The summed E-state index contributed by atoms with van der Waals surface area (Å²) in [5, 5.41) is 18.2. The Kier molecular flexibility index (Phi) is 31.7. The van der Waals surface area contributed by atoms with Crippen molar-refractivity contribution >= 4 is 11.9 Å². The van der Waals surface area contributed by atoms with E-state index < -0.39 is 11.9 Å². The first kappa shape index (κ1) is 34.0. The Bertz CT molecular complexity index is 370. The summed E-state index contributed by atoms with van der Waals surface area (Å²) < 4.78 is 11.4. The smallest absolute Gasteiger partial charge is 0.414 e. The van der Waals surface area contributed by atoms with Gasteiger partial charge >= 0.3 is 11.9 Å². The molecule has 0 aliphatic heterocycles. The maximum Gasteiger partial charge on any atom is 0.414 e. The van der Waals surface area contributed by atoms with Crippen molar-refractivity contribution in [2.75, 3.05) is 39.5 Å². The van der Waals surface area contributed by atoms with Gasteiger partial charge in [0.2, 0.25) is 0 Å². The molecule has 0 bridgehead atoms. The van der Waals surface area contributed by atoms with Crippen LogP contribution in [0.4, 0.5) is 0 Å². The number of aliphatic carboxylic acids is 2. The molecule has 0 rings (SSSR count). The van der Waals surface area contributed by atoms with Gasteiger partial charge in [-0.15, -0.1) is 0 Å². The van der Waals surface area contributed by atoms with Crippen LogP contribution in [0.3, 0.4) is 0 Å². The summed E-state index contributed by atoms with van der Waals surface area (Å²) in [6.07, 6.45) is 21.8. The lowest BCUT2D eigenvalue weighted by atomic mass is 10.1. The minimum Gasteiger partial charge on any atom is -0.473 e. The van der Waals surface area contributed by atoms with E-state index in [9.17, 15) is 0 Å². The average molecular weight is 476 g/mol. The number of nitrogens with one attached hydrogen (secondary N) is 1. The number of hydrogen-bond donors (Lipinski definition) is 3. The molecule has 7 heteroatoms. The fourth-order valence-corrected chi connectivity index (χ4v) is 3.29. The molecule has 0 saturated heterocycles. The van der Waals surface area contributed by atoms with Crippen LogP contribution in [0.25, 0.3) is 0 Å². The normalized spacial score (nSPS) is 10.6. The van der Waals surface area contributed by atoms with Gasteiger partial charge in [0.25, 0.3) is 0 Å². The van der Waals surface area contributed by atoms with E-state index in [-0.39, 0.29) is 0 Å². The van der Waals surface area contributed by atoms with E-state index in [0.717, 1.165) is 39.5 Å². The van der Waals surface area contributed by atoms with Gasteiger partial charge in [0.1, 0.15) is 0 Å². The van der Waals surface area contributed by atoms with E-state index in [1.807, 2.05) is 0 Å². The number of carbonyl (C=O) groups is 2. The predicted octanol–water partition coefficient (Wildman–Crippen LogP) is 6.05. The average Bonchev–Trinajstić information content (AvgIpc) is 2.80. The Labute approximate surface area is 203 Å². The lowest BCUT2D eigenvalue weighted by molar-refractivity contribution is -0.159. The number of carboxylic acids is 2. The minimum absolute atomic E-state index is 0.828. The van der Waals surface area contributed by atoms with E-state index in [2.05, 4.69) is 19.2 Å². The highest BCUT2D eigenvalue weighted by atomic mass is 16.5. The quantitative estimate of drug-likeness (QED) is 0.115. The van der Waals surface area contributed by atoms with Gasteiger partial charge in [0.05, 0.1) is 13.2 Å². The second-order valence-corrected chi connectivity index (χ2v) is 8.53. The molecule has 0 aromatic heterocycles. The van der Waals surface area contributed by atoms with Crippen LogP contribution in [0, 0.1) is 0 Å². The Balaban J connectivity index is 0. The fourth-order valence-electron chi connectivity index (χ4n) is 3.29. The van der Waals surface area contributed by atoms with Crippen LogP contribution in [-0.2, 0) is 19.1 Å². The summed E-state index contributed by atoms with van der Waals surface area (Å²) in [4.78, 5) is 18.2. The van der Waals surface area contributed by atoms with Gasteiger partial charge in [-0.05, 0) is 12.8 Å². The molecule has 0 aliphatic rings. The highest BCUT2D eigenvalue weighted by Gasteiger charge is 2.04. The molecule has 0 radical (unpaired) electrons. The third kappa shape index (κ3) is 35.6. The maximum atomic E-state index is 9.10. The molecular formula is C26H53NO6. The molecule has 0 atom stereocenters. The fraction of sp³-hybridized carbons (Fsp3) is 0.923. The first-order valence-electron chi connectivity index (χ1n) is 13.4. The molecule has 0 heterocycles.